The minimum Gasteiger partial charge on any atom is -0.462 e. The number of hydrogen-bond donors (Lipinski definition) is 1. The van der Waals surface area contributed by atoms with Crippen LogP contribution in [0.4, 0.5) is 18.9 Å². The number of aromatic nitrogens is 3. The zero-order valence-electron chi connectivity index (χ0n) is 15.1. The molecule has 0 atom stereocenters. The van der Waals surface area contributed by atoms with E-state index in [0.717, 1.165) is 6.20 Å². The van der Waals surface area contributed by atoms with Crippen molar-refractivity contribution in [3.05, 3.63) is 71.8 Å². The third-order valence-corrected chi connectivity index (χ3v) is 3.83. The number of halogens is 3. The van der Waals surface area contributed by atoms with Crippen molar-refractivity contribution in [1.29, 1.82) is 0 Å². The Hall–Kier alpha value is -3.69. The van der Waals surface area contributed by atoms with E-state index < -0.39 is 29.3 Å². The number of nitrogens with zero attached hydrogens (tertiary/aromatic N) is 3. The maximum absolute atomic E-state index is 13.5. The SMILES string of the molecule is CCOC(=O)c1cnn(-c2ccc(NC(=O)c3cccnc3)cc2)c1C(F)(F)F. The molecule has 3 rings (SSSR count). The second-order valence-electron chi connectivity index (χ2n) is 5.78. The molecule has 3 aromatic rings. The Kier molecular flexibility index (Phi) is 5.62. The van der Waals surface area contributed by atoms with Crippen molar-refractivity contribution in [2.24, 2.45) is 0 Å². The summed E-state index contributed by atoms with van der Waals surface area (Å²) in [5.74, 6) is -1.52. The van der Waals surface area contributed by atoms with Gasteiger partial charge in [0.25, 0.3) is 5.91 Å². The summed E-state index contributed by atoms with van der Waals surface area (Å²) in [5, 5.41) is 6.31. The largest absolute Gasteiger partial charge is 0.462 e. The highest BCUT2D eigenvalue weighted by Gasteiger charge is 2.41. The van der Waals surface area contributed by atoms with Crippen LogP contribution in [0.15, 0.2) is 55.0 Å². The van der Waals surface area contributed by atoms with Crippen LogP contribution in [0.25, 0.3) is 5.69 Å². The van der Waals surface area contributed by atoms with E-state index in [2.05, 4.69) is 20.1 Å². The fraction of sp³-hybridized carbons (Fsp3) is 0.158. The molecule has 0 fully saturated rings. The number of benzene rings is 1. The Balaban J connectivity index is 1.88. The van der Waals surface area contributed by atoms with Crippen molar-refractivity contribution in [3.63, 3.8) is 0 Å². The van der Waals surface area contributed by atoms with E-state index in [1.54, 1.807) is 12.1 Å². The molecule has 7 nitrogen and oxygen atoms in total. The van der Waals surface area contributed by atoms with Gasteiger partial charge in [-0.1, -0.05) is 0 Å². The van der Waals surface area contributed by atoms with Crippen LogP contribution in [0.1, 0.15) is 33.3 Å². The van der Waals surface area contributed by atoms with Crippen molar-refractivity contribution < 1.29 is 27.5 Å². The van der Waals surface area contributed by atoms with Crippen LogP contribution < -0.4 is 5.32 Å². The lowest BCUT2D eigenvalue weighted by molar-refractivity contribution is -0.143. The molecule has 0 aliphatic heterocycles. The zero-order valence-corrected chi connectivity index (χ0v) is 15.1. The number of rotatable bonds is 5. The Morgan fingerprint density at radius 2 is 1.86 bits per heavy atom. The van der Waals surface area contributed by atoms with Crippen LogP contribution >= 0.6 is 0 Å². The van der Waals surface area contributed by atoms with Gasteiger partial charge in [-0.3, -0.25) is 9.78 Å². The highest BCUT2D eigenvalue weighted by molar-refractivity contribution is 6.04. The van der Waals surface area contributed by atoms with E-state index in [9.17, 15) is 22.8 Å². The fourth-order valence-electron chi connectivity index (χ4n) is 2.56. The molecular weight excluding hydrogens is 389 g/mol. The number of ether oxygens (including phenoxy) is 1. The first kappa shape index (κ1) is 20.1. The molecule has 0 radical (unpaired) electrons. The van der Waals surface area contributed by atoms with Gasteiger partial charge in [0.05, 0.1) is 24.1 Å². The molecule has 0 unspecified atom stereocenters. The minimum absolute atomic E-state index is 0.0623. The number of nitrogens with one attached hydrogen (secondary N) is 1. The van der Waals surface area contributed by atoms with Gasteiger partial charge < -0.3 is 10.1 Å². The van der Waals surface area contributed by atoms with E-state index in [1.165, 1.54) is 43.6 Å². The van der Waals surface area contributed by atoms with Crippen molar-refractivity contribution in [3.8, 4) is 5.69 Å². The van der Waals surface area contributed by atoms with Gasteiger partial charge in [0.15, 0.2) is 5.69 Å². The Morgan fingerprint density at radius 1 is 1.14 bits per heavy atom. The Labute approximate surface area is 163 Å². The highest BCUT2D eigenvalue weighted by atomic mass is 19.4. The van der Waals surface area contributed by atoms with E-state index in [4.69, 9.17) is 0 Å². The molecule has 1 amide bonds. The third kappa shape index (κ3) is 4.42. The van der Waals surface area contributed by atoms with Crippen LogP contribution in [0.2, 0.25) is 0 Å². The number of esters is 1. The summed E-state index contributed by atoms with van der Waals surface area (Å²) in [6, 6.07) is 8.72. The van der Waals surface area contributed by atoms with E-state index in [-0.39, 0.29) is 12.3 Å². The average molecular weight is 404 g/mol. The number of anilines is 1. The number of amides is 1. The van der Waals surface area contributed by atoms with Crippen LogP contribution in [-0.4, -0.2) is 33.2 Å². The van der Waals surface area contributed by atoms with Crippen LogP contribution in [0.5, 0.6) is 0 Å². The normalized spacial score (nSPS) is 11.2. The van der Waals surface area contributed by atoms with Gasteiger partial charge in [0.2, 0.25) is 0 Å². The molecule has 0 saturated heterocycles. The maximum Gasteiger partial charge on any atom is 0.434 e. The predicted octanol–water partition coefficient (Wildman–Crippen LogP) is 3.72. The van der Waals surface area contributed by atoms with Crippen molar-refractivity contribution >= 4 is 17.6 Å². The van der Waals surface area contributed by atoms with Crippen LogP contribution in [0.3, 0.4) is 0 Å². The van der Waals surface area contributed by atoms with Gasteiger partial charge in [0, 0.05) is 18.1 Å². The van der Waals surface area contributed by atoms with Crippen LogP contribution in [0, 0.1) is 0 Å². The summed E-state index contributed by atoms with van der Waals surface area (Å²) in [5.41, 5.74) is -1.14. The molecule has 0 spiro atoms. The summed E-state index contributed by atoms with van der Waals surface area (Å²) < 4.78 is 45.9. The van der Waals surface area contributed by atoms with Crippen LogP contribution in [-0.2, 0) is 10.9 Å². The van der Waals surface area contributed by atoms with Gasteiger partial charge >= 0.3 is 12.1 Å². The molecular formula is C19H15F3N4O3. The molecule has 0 aliphatic rings. The number of pyridine rings is 1. The van der Waals surface area contributed by atoms with Gasteiger partial charge in [0.1, 0.15) is 5.56 Å². The lowest BCUT2D eigenvalue weighted by Crippen LogP contribution is -2.18. The van der Waals surface area contributed by atoms with Crippen molar-refractivity contribution in [2.75, 3.05) is 11.9 Å². The molecule has 0 aliphatic carbocycles. The summed E-state index contributed by atoms with van der Waals surface area (Å²) in [4.78, 5) is 27.8. The lowest BCUT2D eigenvalue weighted by Gasteiger charge is -2.13. The Morgan fingerprint density at radius 3 is 2.45 bits per heavy atom. The second-order valence-corrected chi connectivity index (χ2v) is 5.78. The number of alkyl halides is 3. The second kappa shape index (κ2) is 8.13. The van der Waals surface area contributed by atoms with Crippen molar-refractivity contribution in [1.82, 2.24) is 14.8 Å². The summed E-state index contributed by atoms with van der Waals surface area (Å²) >= 11 is 0. The number of hydrogen-bond acceptors (Lipinski definition) is 5. The highest BCUT2D eigenvalue weighted by Crippen LogP contribution is 2.34. The first-order valence-corrected chi connectivity index (χ1v) is 8.45. The van der Waals surface area contributed by atoms with Gasteiger partial charge in [-0.05, 0) is 43.3 Å². The standard InChI is InChI=1S/C19H15F3N4O3/c1-2-29-18(28)15-11-24-26(16(15)19(20,21)22)14-7-5-13(6-8-14)25-17(27)12-4-3-9-23-10-12/h3-11H,2H2,1H3,(H,25,27). The van der Waals surface area contributed by atoms with E-state index in [0.29, 0.717) is 15.9 Å². The molecule has 0 saturated carbocycles. The molecule has 0 bridgehead atoms. The summed E-state index contributed by atoms with van der Waals surface area (Å²) in [7, 11) is 0. The number of carbonyl (C=O) groups excluding carboxylic acids is 2. The van der Waals surface area contributed by atoms with Gasteiger partial charge in [-0.2, -0.15) is 18.3 Å². The minimum atomic E-state index is -4.83. The quantitative estimate of drug-likeness (QED) is 0.655. The third-order valence-electron chi connectivity index (χ3n) is 3.83. The monoisotopic (exact) mass is 404 g/mol. The van der Waals surface area contributed by atoms with E-state index in [1.807, 2.05) is 0 Å². The van der Waals surface area contributed by atoms with Gasteiger partial charge in [-0.15, -0.1) is 0 Å². The predicted molar refractivity (Wildman–Crippen MR) is 96.7 cm³/mol. The van der Waals surface area contributed by atoms with Crippen molar-refractivity contribution in [2.45, 2.75) is 13.1 Å². The average Bonchev–Trinajstić information content (AvgIpc) is 3.15. The maximum atomic E-state index is 13.5. The molecule has 2 aromatic heterocycles. The first-order valence-electron chi connectivity index (χ1n) is 8.45. The molecule has 150 valence electrons. The first-order chi connectivity index (χ1) is 13.8. The molecule has 10 heteroatoms. The van der Waals surface area contributed by atoms with E-state index >= 15 is 0 Å². The molecule has 1 aromatic carbocycles. The Bertz CT molecular complexity index is 1020. The fourth-order valence-corrected chi connectivity index (χ4v) is 2.56. The summed E-state index contributed by atoms with van der Waals surface area (Å²) in [6.07, 6.45) is -1.09. The topological polar surface area (TPSA) is 86.1 Å². The molecule has 1 N–H and O–H groups in total. The van der Waals surface area contributed by atoms with Gasteiger partial charge in [-0.25, -0.2) is 9.48 Å². The zero-order chi connectivity index (χ0) is 21.0. The molecule has 2 heterocycles. The summed E-state index contributed by atoms with van der Waals surface area (Å²) in [6.45, 7) is 1.43. The smallest absolute Gasteiger partial charge is 0.434 e. The number of carbonyl (C=O) groups is 2. The molecule has 29 heavy (non-hydrogen) atoms. The lowest BCUT2D eigenvalue weighted by atomic mass is 10.2.